The highest BCUT2D eigenvalue weighted by Gasteiger charge is 2.23. The third-order valence-corrected chi connectivity index (χ3v) is 4.95. The summed E-state index contributed by atoms with van der Waals surface area (Å²) in [7, 11) is -3.25. The minimum atomic E-state index is -3.25. The molecule has 0 spiro atoms. The second-order valence-electron chi connectivity index (χ2n) is 3.52. The van der Waals surface area contributed by atoms with Crippen LogP contribution in [0, 0.1) is 0 Å². The molecule has 1 aromatic rings. The van der Waals surface area contributed by atoms with Crippen molar-refractivity contribution in [2.75, 3.05) is 5.88 Å². The molecule has 2 heterocycles. The van der Waals surface area contributed by atoms with E-state index in [4.69, 9.17) is 0 Å². The van der Waals surface area contributed by atoms with Crippen LogP contribution < -0.4 is 0 Å². The van der Waals surface area contributed by atoms with Gasteiger partial charge in [-0.2, -0.15) is 0 Å². The number of sulfonamides is 1. The van der Waals surface area contributed by atoms with E-state index in [2.05, 4.69) is 4.98 Å². The third kappa shape index (κ3) is 2.56. The Morgan fingerprint density at radius 2 is 2.38 bits per heavy atom. The lowest BCUT2D eigenvalue weighted by Gasteiger charge is -2.14. The van der Waals surface area contributed by atoms with E-state index in [1.54, 1.807) is 30.7 Å². The second kappa shape index (κ2) is 4.47. The molecule has 0 atom stereocenters. The minimum Gasteiger partial charge on any atom is -0.266 e. The summed E-state index contributed by atoms with van der Waals surface area (Å²) >= 11 is 1.54. The maximum Gasteiger partial charge on any atom is 0.239 e. The van der Waals surface area contributed by atoms with Crippen molar-refractivity contribution in [3.63, 3.8) is 0 Å². The average Bonchev–Trinajstić information content (AvgIpc) is 2.66. The van der Waals surface area contributed by atoms with Crippen LogP contribution in [0.5, 0.6) is 0 Å². The van der Waals surface area contributed by atoms with Gasteiger partial charge >= 0.3 is 0 Å². The highest BCUT2D eigenvalue weighted by atomic mass is 32.2. The van der Waals surface area contributed by atoms with Crippen LogP contribution in [0.25, 0.3) is 0 Å². The van der Waals surface area contributed by atoms with Crippen molar-refractivity contribution in [1.29, 1.82) is 0 Å². The van der Waals surface area contributed by atoms with Gasteiger partial charge in [0.05, 0.1) is 11.6 Å². The first-order valence-electron chi connectivity index (χ1n) is 4.77. The van der Waals surface area contributed by atoms with Crippen LogP contribution >= 0.6 is 11.8 Å². The van der Waals surface area contributed by atoms with Gasteiger partial charge in [0.2, 0.25) is 10.0 Å². The van der Waals surface area contributed by atoms with Gasteiger partial charge in [0.25, 0.3) is 0 Å². The van der Waals surface area contributed by atoms with E-state index in [1.807, 2.05) is 6.92 Å². The Labute approximate surface area is 99.4 Å². The lowest BCUT2D eigenvalue weighted by atomic mass is 10.3. The molecule has 0 saturated carbocycles. The van der Waals surface area contributed by atoms with Crippen molar-refractivity contribution in [2.45, 2.75) is 12.7 Å². The van der Waals surface area contributed by atoms with Gasteiger partial charge in [0.15, 0.2) is 0 Å². The zero-order valence-electron chi connectivity index (χ0n) is 8.83. The SMILES string of the molecule is CC1=CN(S(=O)(=O)Cc2cccnc2)CS1. The molecule has 2 rings (SSSR count). The minimum absolute atomic E-state index is 0.00514. The molecule has 0 bridgehead atoms. The number of hydrogen-bond donors (Lipinski definition) is 0. The standard InChI is InChI=1S/C10H12N2O2S2/c1-9-6-12(8-15-9)16(13,14)7-10-3-2-4-11-5-10/h2-6H,7-8H2,1H3. The molecule has 0 N–H and O–H groups in total. The van der Waals surface area contributed by atoms with Crippen molar-refractivity contribution in [2.24, 2.45) is 0 Å². The van der Waals surface area contributed by atoms with Crippen molar-refractivity contribution >= 4 is 21.8 Å². The molecular formula is C10H12N2O2S2. The predicted octanol–water partition coefficient (Wildman–Crippen LogP) is 1.78. The van der Waals surface area contributed by atoms with E-state index in [1.165, 1.54) is 16.1 Å². The first kappa shape index (κ1) is 11.5. The molecule has 1 aliphatic rings. The van der Waals surface area contributed by atoms with Crippen molar-refractivity contribution in [1.82, 2.24) is 9.29 Å². The van der Waals surface area contributed by atoms with E-state index in [9.17, 15) is 8.42 Å². The maximum absolute atomic E-state index is 12.0. The number of aromatic nitrogens is 1. The summed E-state index contributed by atoms with van der Waals surface area (Å²) in [6, 6.07) is 3.51. The normalized spacial score (nSPS) is 16.3. The number of nitrogens with zero attached hydrogens (tertiary/aromatic N) is 2. The average molecular weight is 256 g/mol. The Kier molecular flexibility index (Phi) is 3.20. The molecule has 0 fully saturated rings. The van der Waals surface area contributed by atoms with Gasteiger partial charge in [0.1, 0.15) is 0 Å². The Bertz CT molecular complexity index is 497. The molecule has 0 unspecified atom stereocenters. The number of pyridine rings is 1. The molecule has 4 nitrogen and oxygen atoms in total. The van der Waals surface area contributed by atoms with E-state index in [-0.39, 0.29) is 5.75 Å². The molecule has 1 aliphatic heterocycles. The molecule has 16 heavy (non-hydrogen) atoms. The molecule has 0 aliphatic carbocycles. The Morgan fingerprint density at radius 1 is 1.56 bits per heavy atom. The topological polar surface area (TPSA) is 50.3 Å². The summed E-state index contributed by atoms with van der Waals surface area (Å²) in [5.74, 6) is 0.486. The molecule has 1 aromatic heterocycles. The molecule has 0 amide bonds. The Morgan fingerprint density at radius 3 is 2.94 bits per heavy atom. The predicted molar refractivity (Wildman–Crippen MR) is 64.9 cm³/mol. The van der Waals surface area contributed by atoms with Crippen LogP contribution in [0.15, 0.2) is 35.6 Å². The maximum atomic E-state index is 12.0. The first-order valence-corrected chi connectivity index (χ1v) is 7.37. The number of rotatable bonds is 3. The van der Waals surface area contributed by atoms with Crippen LogP contribution in [-0.2, 0) is 15.8 Å². The smallest absolute Gasteiger partial charge is 0.239 e. The van der Waals surface area contributed by atoms with Gasteiger partial charge < -0.3 is 0 Å². The quantitative estimate of drug-likeness (QED) is 0.827. The van der Waals surface area contributed by atoms with E-state index >= 15 is 0 Å². The summed E-state index contributed by atoms with van der Waals surface area (Å²) in [6.45, 7) is 1.91. The Hall–Kier alpha value is -1.01. The van der Waals surface area contributed by atoms with Crippen molar-refractivity contribution in [3.8, 4) is 0 Å². The molecule has 6 heteroatoms. The van der Waals surface area contributed by atoms with Gasteiger partial charge in [-0.05, 0) is 18.6 Å². The van der Waals surface area contributed by atoms with Crippen molar-refractivity contribution in [3.05, 3.63) is 41.2 Å². The third-order valence-electron chi connectivity index (χ3n) is 2.17. The fraction of sp³-hybridized carbons (Fsp3) is 0.300. The van der Waals surface area contributed by atoms with Gasteiger partial charge in [-0.15, -0.1) is 11.8 Å². The van der Waals surface area contributed by atoms with Gasteiger partial charge in [-0.1, -0.05) is 6.07 Å². The molecule has 0 aromatic carbocycles. The van der Waals surface area contributed by atoms with E-state index in [0.29, 0.717) is 11.4 Å². The van der Waals surface area contributed by atoms with Crippen LogP contribution in [0.3, 0.4) is 0 Å². The zero-order chi connectivity index (χ0) is 11.6. The highest BCUT2D eigenvalue weighted by Crippen LogP contribution is 2.27. The fourth-order valence-electron chi connectivity index (χ4n) is 1.38. The van der Waals surface area contributed by atoms with Crippen LogP contribution in [0.4, 0.5) is 0 Å². The number of allylic oxidation sites excluding steroid dienone is 1. The van der Waals surface area contributed by atoms with E-state index in [0.717, 1.165) is 4.91 Å². The molecule has 86 valence electrons. The van der Waals surface area contributed by atoms with Crippen LogP contribution in [-0.4, -0.2) is 23.6 Å². The lowest BCUT2D eigenvalue weighted by molar-refractivity contribution is 0.534. The largest absolute Gasteiger partial charge is 0.266 e. The van der Waals surface area contributed by atoms with E-state index < -0.39 is 10.0 Å². The first-order chi connectivity index (χ1) is 7.58. The van der Waals surface area contributed by atoms with Crippen molar-refractivity contribution < 1.29 is 8.42 Å². The summed E-state index contributed by atoms with van der Waals surface area (Å²) in [6.07, 6.45) is 4.89. The summed E-state index contributed by atoms with van der Waals surface area (Å²) in [5, 5.41) is 0. The van der Waals surface area contributed by atoms with Gasteiger partial charge in [0, 0.05) is 23.5 Å². The molecule has 0 radical (unpaired) electrons. The molecule has 0 saturated heterocycles. The van der Waals surface area contributed by atoms with Crippen LogP contribution in [0.2, 0.25) is 0 Å². The highest BCUT2D eigenvalue weighted by molar-refractivity contribution is 8.04. The van der Waals surface area contributed by atoms with Crippen LogP contribution in [0.1, 0.15) is 12.5 Å². The lowest BCUT2D eigenvalue weighted by Crippen LogP contribution is -2.24. The van der Waals surface area contributed by atoms with Gasteiger partial charge in [-0.25, -0.2) is 8.42 Å². The Balaban J connectivity index is 2.15. The summed E-state index contributed by atoms with van der Waals surface area (Å²) < 4.78 is 25.4. The number of thioether (sulfide) groups is 1. The summed E-state index contributed by atoms with van der Waals surface area (Å²) in [5.41, 5.74) is 0.713. The molecular weight excluding hydrogens is 244 g/mol. The monoisotopic (exact) mass is 256 g/mol. The second-order valence-corrected chi connectivity index (χ2v) is 6.63. The fourth-order valence-corrected chi connectivity index (χ4v) is 3.93. The summed E-state index contributed by atoms with van der Waals surface area (Å²) in [4.78, 5) is 4.93. The zero-order valence-corrected chi connectivity index (χ0v) is 10.5. The van der Waals surface area contributed by atoms with Gasteiger partial charge in [-0.3, -0.25) is 9.29 Å². The number of hydrogen-bond acceptors (Lipinski definition) is 4.